The van der Waals surface area contributed by atoms with Gasteiger partial charge in [0.15, 0.2) is 0 Å². The van der Waals surface area contributed by atoms with Crippen molar-refractivity contribution >= 4 is 5.78 Å². The van der Waals surface area contributed by atoms with Gasteiger partial charge in [-0.15, -0.1) is 0 Å². The summed E-state index contributed by atoms with van der Waals surface area (Å²) < 4.78 is 0. The van der Waals surface area contributed by atoms with Crippen LogP contribution in [0.1, 0.15) is 65.7 Å². The van der Waals surface area contributed by atoms with Crippen molar-refractivity contribution in [3.05, 3.63) is 4.91 Å². The second-order valence-corrected chi connectivity index (χ2v) is 11.7. The number of nitrogens with zero attached hydrogens (tertiary/aromatic N) is 1. The predicted molar refractivity (Wildman–Crippen MR) is 102 cm³/mol. The minimum Gasteiger partial charge on any atom is -0.393 e. The number of rotatable bonds is 1. The van der Waals surface area contributed by atoms with Crippen molar-refractivity contribution in [1.82, 2.24) is 0 Å². The molecule has 4 heteroatoms. The standard InChI is InChI=1S/C23H33NO3/c1-11-15-16(11)20(26)21(2)7-5-13-17(18(15)21)19(25)14-6-9-23(14)10-12(24-27)4-8-22(13,23)3/h11-19,25H,4-10H2,1-3H3/t11-,12-,13?,14+,15+,16-,17?,18?,19-,21-,22+,23-/m0/s1. The molecule has 27 heavy (non-hydrogen) atoms. The minimum atomic E-state index is -0.286. The molecule has 0 amide bonds. The van der Waals surface area contributed by atoms with E-state index in [9.17, 15) is 14.8 Å². The molecular weight excluding hydrogens is 338 g/mol. The topological polar surface area (TPSA) is 66.7 Å². The van der Waals surface area contributed by atoms with Crippen molar-refractivity contribution < 1.29 is 9.90 Å². The Morgan fingerprint density at radius 1 is 1.04 bits per heavy atom. The number of Topliss-reactive ketones (excluding diaryl/α,β-unsaturated/α-hetero) is 1. The molecule has 0 aromatic carbocycles. The fourth-order valence-electron chi connectivity index (χ4n) is 9.99. The van der Waals surface area contributed by atoms with E-state index in [0.29, 0.717) is 35.4 Å². The molecule has 0 aliphatic heterocycles. The smallest absolute Gasteiger partial charge is 0.142 e. The number of aliphatic hydroxyl groups excluding tert-OH is 1. The number of carbonyl (C=O) groups is 1. The van der Waals surface area contributed by atoms with Gasteiger partial charge in [-0.25, -0.2) is 0 Å². The maximum absolute atomic E-state index is 13.2. The number of aliphatic hydroxyl groups is 1. The third kappa shape index (κ3) is 1.64. The van der Waals surface area contributed by atoms with Crippen LogP contribution in [0.3, 0.4) is 0 Å². The summed E-state index contributed by atoms with van der Waals surface area (Å²) >= 11 is 0. The first-order chi connectivity index (χ1) is 12.8. The van der Waals surface area contributed by atoms with Gasteiger partial charge in [-0.2, -0.15) is 4.91 Å². The molecule has 1 N–H and O–H groups in total. The Hall–Kier alpha value is -0.770. The predicted octanol–water partition coefficient (Wildman–Crippen LogP) is 4.20. The molecule has 3 unspecified atom stereocenters. The van der Waals surface area contributed by atoms with Gasteiger partial charge in [0.05, 0.1) is 12.1 Å². The molecule has 4 nitrogen and oxygen atoms in total. The zero-order valence-electron chi connectivity index (χ0n) is 16.9. The van der Waals surface area contributed by atoms with Gasteiger partial charge < -0.3 is 5.11 Å². The Morgan fingerprint density at radius 2 is 1.78 bits per heavy atom. The summed E-state index contributed by atoms with van der Waals surface area (Å²) in [6.07, 6.45) is 6.93. The molecule has 6 rings (SSSR count). The van der Waals surface area contributed by atoms with Crippen molar-refractivity contribution in [2.24, 2.45) is 62.8 Å². The molecule has 6 aliphatic rings. The number of hydrogen-bond acceptors (Lipinski definition) is 4. The summed E-state index contributed by atoms with van der Waals surface area (Å²) in [4.78, 5) is 24.5. The van der Waals surface area contributed by atoms with E-state index in [1.54, 1.807) is 0 Å². The summed E-state index contributed by atoms with van der Waals surface area (Å²) in [5, 5.41) is 15.1. The first-order valence-electron chi connectivity index (χ1n) is 11.3. The van der Waals surface area contributed by atoms with Crippen LogP contribution in [0.4, 0.5) is 0 Å². The average Bonchev–Trinajstić information content (AvgIpc) is 3.20. The Morgan fingerprint density at radius 3 is 2.44 bits per heavy atom. The molecule has 6 saturated carbocycles. The van der Waals surface area contributed by atoms with Gasteiger partial charge in [0.25, 0.3) is 0 Å². The fraction of sp³-hybridized carbons (Fsp3) is 0.957. The third-order valence-corrected chi connectivity index (χ3v) is 11.4. The Kier molecular flexibility index (Phi) is 3.08. The highest BCUT2D eigenvalue weighted by Crippen LogP contribution is 2.79. The summed E-state index contributed by atoms with van der Waals surface area (Å²) in [6.45, 7) is 6.96. The quantitative estimate of drug-likeness (QED) is 0.703. The van der Waals surface area contributed by atoms with Gasteiger partial charge in [-0.05, 0) is 91.3 Å². The molecule has 0 saturated heterocycles. The monoisotopic (exact) mass is 371 g/mol. The van der Waals surface area contributed by atoms with E-state index in [4.69, 9.17) is 0 Å². The van der Waals surface area contributed by atoms with E-state index >= 15 is 0 Å². The highest BCUT2D eigenvalue weighted by molar-refractivity contribution is 5.93. The summed E-state index contributed by atoms with van der Waals surface area (Å²) in [6, 6.07) is -0.0561. The molecule has 0 radical (unpaired) electrons. The SMILES string of the molecule is C[C@@H]1[C@@H]2C(=O)[C@@]3(C)CCC4C(C3[C@H]12)[C@@H](O)[C@H]1CC[C@]12C[C@@H](N=O)CC[C@]42C. The number of fused-ring (bicyclic) bond motifs is 6. The van der Waals surface area contributed by atoms with Crippen LogP contribution in [-0.2, 0) is 4.79 Å². The summed E-state index contributed by atoms with van der Waals surface area (Å²) in [5.41, 5.74) is 0.141. The van der Waals surface area contributed by atoms with Crippen LogP contribution in [0, 0.1) is 62.6 Å². The van der Waals surface area contributed by atoms with Crippen molar-refractivity contribution in [2.45, 2.75) is 77.9 Å². The summed E-state index contributed by atoms with van der Waals surface area (Å²) in [5.74, 6) is 3.34. The van der Waals surface area contributed by atoms with Crippen LogP contribution >= 0.6 is 0 Å². The van der Waals surface area contributed by atoms with Gasteiger partial charge in [0.1, 0.15) is 5.78 Å². The highest BCUT2D eigenvalue weighted by atomic mass is 16.3. The van der Waals surface area contributed by atoms with Crippen molar-refractivity contribution in [1.29, 1.82) is 0 Å². The van der Waals surface area contributed by atoms with E-state index in [2.05, 4.69) is 25.9 Å². The van der Waals surface area contributed by atoms with Crippen molar-refractivity contribution in [3.8, 4) is 0 Å². The summed E-state index contributed by atoms with van der Waals surface area (Å²) in [7, 11) is 0. The number of nitroso groups, excluding NO2 is 1. The largest absolute Gasteiger partial charge is 0.393 e. The Bertz CT molecular complexity index is 737. The number of carbonyl (C=O) groups excluding carboxylic acids is 1. The number of hydrogen-bond donors (Lipinski definition) is 1. The van der Waals surface area contributed by atoms with Gasteiger partial charge in [0.2, 0.25) is 0 Å². The molecule has 6 fully saturated rings. The van der Waals surface area contributed by atoms with Crippen LogP contribution in [0.25, 0.3) is 0 Å². The fourth-order valence-corrected chi connectivity index (χ4v) is 9.99. The lowest BCUT2D eigenvalue weighted by atomic mass is 9.31. The van der Waals surface area contributed by atoms with Crippen molar-refractivity contribution in [2.75, 3.05) is 0 Å². The van der Waals surface area contributed by atoms with Crippen LogP contribution < -0.4 is 0 Å². The van der Waals surface area contributed by atoms with Gasteiger partial charge in [-0.1, -0.05) is 25.9 Å². The maximum Gasteiger partial charge on any atom is 0.142 e. The molecule has 0 aromatic rings. The van der Waals surface area contributed by atoms with Crippen LogP contribution in [0.5, 0.6) is 0 Å². The van der Waals surface area contributed by atoms with E-state index < -0.39 is 0 Å². The van der Waals surface area contributed by atoms with Gasteiger partial charge in [-0.3, -0.25) is 4.79 Å². The van der Waals surface area contributed by atoms with E-state index in [1.807, 2.05) is 0 Å². The Balaban J connectivity index is 1.44. The molecule has 148 valence electrons. The maximum atomic E-state index is 13.2. The first-order valence-corrected chi connectivity index (χ1v) is 11.3. The molecule has 6 aliphatic carbocycles. The molecular formula is C23H33NO3. The lowest BCUT2D eigenvalue weighted by Gasteiger charge is -2.73. The average molecular weight is 372 g/mol. The van der Waals surface area contributed by atoms with E-state index in [-0.39, 0.29) is 40.2 Å². The molecule has 0 bridgehead atoms. The minimum absolute atomic E-state index is 0.0561. The van der Waals surface area contributed by atoms with Crippen LogP contribution in [0.15, 0.2) is 5.18 Å². The second kappa shape index (κ2) is 4.86. The van der Waals surface area contributed by atoms with E-state index in [0.717, 1.165) is 44.9 Å². The Labute approximate surface area is 161 Å². The van der Waals surface area contributed by atoms with Gasteiger partial charge >= 0.3 is 0 Å². The normalized spacial score (nSPS) is 65.8. The lowest BCUT2D eigenvalue weighted by Crippen LogP contribution is -2.71. The third-order valence-electron chi connectivity index (χ3n) is 11.4. The molecule has 0 aromatic heterocycles. The first kappa shape index (κ1) is 17.1. The van der Waals surface area contributed by atoms with Crippen LogP contribution in [0.2, 0.25) is 0 Å². The lowest BCUT2D eigenvalue weighted by molar-refractivity contribution is -0.277. The zero-order chi connectivity index (χ0) is 18.9. The molecule has 1 spiro atoms. The van der Waals surface area contributed by atoms with E-state index in [1.165, 1.54) is 0 Å². The van der Waals surface area contributed by atoms with Crippen molar-refractivity contribution in [3.63, 3.8) is 0 Å². The van der Waals surface area contributed by atoms with Crippen LogP contribution in [-0.4, -0.2) is 23.0 Å². The molecule has 12 atom stereocenters. The second-order valence-electron chi connectivity index (χ2n) is 11.7. The molecule has 0 heterocycles. The van der Waals surface area contributed by atoms with Gasteiger partial charge in [0, 0.05) is 11.3 Å². The highest BCUT2D eigenvalue weighted by Gasteiger charge is 2.78. The zero-order valence-corrected chi connectivity index (χ0v) is 16.9. The number of ketones is 1.